The highest BCUT2D eigenvalue weighted by Crippen LogP contribution is 2.19. The molecular formula is C13H16O4S. The molecule has 1 rings (SSSR count). The van der Waals surface area contributed by atoms with Gasteiger partial charge in [-0.1, -0.05) is 32.0 Å². The minimum Gasteiger partial charge on any atom is -0.451 e. The SMILES string of the molecule is CC(OC(=O)C(C)C)SC(=O)Oc1ccccc1. The highest BCUT2D eigenvalue weighted by molar-refractivity contribution is 8.13. The van der Waals surface area contributed by atoms with E-state index in [9.17, 15) is 9.59 Å². The number of carbonyl (C=O) groups is 2. The molecule has 1 aromatic carbocycles. The third kappa shape index (κ3) is 5.23. The van der Waals surface area contributed by atoms with E-state index in [0.29, 0.717) is 5.75 Å². The minimum atomic E-state index is -0.559. The van der Waals surface area contributed by atoms with Crippen molar-refractivity contribution in [2.24, 2.45) is 5.92 Å². The summed E-state index contributed by atoms with van der Waals surface area (Å²) in [4.78, 5) is 22.8. The molecule has 0 aromatic heterocycles. The largest absolute Gasteiger partial charge is 0.451 e. The van der Waals surface area contributed by atoms with Crippen LogP contribution in [0.4, 0.5) is 4.79 Å². The molecule has 0 N–H and O–H groups in total. The van der Waals surface area contributed by atoms with E-state index in [4.69, 9.17) is 9.47 Å². The zero-order chi connectivity index (χ0) is 13.5. The van der Waals surface area contributed by atoms with Crippen LogP contribution >= 0.6 is 11.8 Å². The first-order valence-corrected chi connectivity index (χ1v) is 6.51. The monoisotopic (exact) mass is 268 g/mol. The van der Waals surface area contributed by atoms with Crippen molar-refractivity contribution in [1.29, 1.82) is 0 Å². The van der Waals surface area contributed by atoms with Gasteiger partial charge in [0, 0.05) is 11.8 Å². The Labute approximate surface area is 111 Å². The normalized spacial score (nSPS) is 12.0. The van der Waals surface area contributed by atoms with E-state index in [2.05, 4.69) is 0 Å². The number of ether oxygens (including phenoxy) is 2. The van der Waals surface area contributed by atoms with Crippen LogP contribution in [0.3, 0.4) is 0 Å². The zero-order valence-electron chi connectivity index (χ0n) is 10.6. The van der Waals surface area contributed by atoms with Gasteiger partial charge >= 0.3 is 11.3 Å². The van der Waals surface area contributed by atoms with E-state index >= 15 is 0 Å². The molecule has 18 heavy (non-hydrogen) atoms. The first-order chi connectivity index (χ1) is 8.49. The first kappa shape index (κ1) is 14.6. The van der Waals surface area contributed by atoms with Crippen molar-refractivity contribution in [1.82, 2.24) is 0 Å². The molecule has 0 aliphatic heterocycles. The molecule has 0 spiro atoms. The molecule has 0 heterocycles. The lowest BCUT2D eigenvalue weighted by atomic mass is 10.2. The fraction of sp³-hybridized carbons (Fsp3) is 0.385. The Hall–Kier alpha value is -1.49. The standard InChI is InChI=1S/C13H16O4S/c1-9(2)12(14)16-10(3)18-13(15)17-11-7-5-4-6-8-11/h4-10H,1-3H3. The average Bonchev–Trinajstić information content (AvgIpc) is 2.29. The lowest BCUT2D eigenvalue weighted by Crippen LogP contribution is -2.18. The van der Waals surface area contributed by atoms with E-state index in [0.717, 1.165) is 11.8 Å². The molecule has 0 aliphatic rings. The molecule has 0 saturated heterocycles. The van der Waals surface area contributed by atoms with E-state index in [1.807, 2.05) is 6.07 Å². The highest BCUT2D eigenvalue weighted by Gasteiger charge is 2.17. The van der Waals surface area contributed by atoms with Crippen molar-refractivity contribution in [2.45, 2.75) is 26.2 Å². The number of para-hydroxylation sites is 1. The lowest BCUT2D eigenvalue weighted by molar-refractivity contribution is -0.148. The topological polar surface area (TPSA) is 52.6 Å². The molecule has 5 heteroatoms. The molecular weight excluding hydrogens is 252 g/mol. The summed E-state index contributed by atoms with van der Waals surface area (Å²) in [5, 5.41) is -0.495. The maximum Gasteiger partial charge on any atom is 0.376 e. The van der Waals surface area contributed by atoms with E-state index < -0.39 is 10.7 Å². The highest BCUT2D eigenvalue weighted by atomic mass is 32.2. The molecule has 0 amide bonds. The fourth-order valence-corrected chi connectivity index (χ4v) is 1.63. The summed E-state index contributed by atoms with van der Waals surface area (Å²) >= 11 is 0.836. The second-order valence-electron chi connectivity index (χ2n) is 3.94. The van der Waals surface area contributed by atoms with Crippen LogP contribution in [-0.2, 0) is 9.53 Å². The second-order valence-corrected chi connectivity index (χ2v) is 5.18. The van der Waals surface area contributed by atoms with Crippen molar-refractivity contribution in [3.05, 3.63) is 30.3 Å². The molecule has 0 aliphatic carbocycles. The number of hydrogen-bond acceptors (Lipinski definition) is 5. The molecule has 98 valence electrons. The Kier molecular flexibility index (Phi) is 5.71. The smallest absolute Gasteiger partial charge is 0.376 e. The molecule has 4 nitrogen and oxygen atoms in total. The maximum absolute atomic E-state index is 11.5. The lowest BCUT2D eigenvalue weighted by Gasteiger charge is -2.13. The fourth-order valence-electron chi connectivity index (χ4n) is 1.07. The van der Waals surface area contributed by atoms with Gasteiger partial charge < -0.3 is 9.47 Å². The summed E-state index contributed by atoms with van der Waals surface area (Å²) < 4.78 is 10.1. The van der Waals surface area contributed by atoms with E-state index in [1.165, 1.54) is 0 Å². The van der Waals surface area contributed by atoms with Crippen LogP contribution in [0.15, 0.2) is 30.3 Å². The Morgan fingerprint density at radius 2 is 1.72 bits per heavy atom. The van der Waals surface area contributed by atoms with E-state index in [1.54, 1.807) is 45.0 Å². The second kappa shape index (κ2) is 7.06. The zero-order valence-corrected chi connectivity index (χ0v) is 11.4. The van der Waals surface area contributed by atoms with Crippen LogP contribution in [0, 0.1) is 5.92 Å². The third-order valence-electron chi connectivity index (χ3n) is 1.96. The van der Waals surface area contributed by atoms with Crippen LogP contribution < -0.4 is 4.74 Å². The predicted octanol–water partition coefficient (Wildman–Crippen LogP) is 3.46. The number of rotatable bonds is 4. The summed E-state index contributed by atoms with van der Waals surface area (Å²) in [7, 11) is 0. The molecule has 1 atom stereocenters. The minimum absolute atomic E-state index is 0.210. The van der Waals surface area contributed by atoms with Crippen LogP contribution in [0.1, 0.15) is 20.8 Å². The molecule has 0 radical (unpaired) electrons. The number of carbonyl (C=O) groups excluding carboxylic acids is 2. The number of benzene rings is 1. The van der Waals surface area contributed by atoms with Crippen molar-refractivity contribution < 1.29 is 19.1 Å². The van der Waals surface area contributed by atoms with E-state index in [-0.39, 0.29) is 11.9 Å². The Bertz CT molecular complexity index is 403. The molecule has 0 bridgehead atoms. The van der Waals surface area contributed by atoms with Gasteiger partial charge in [0.25, 0.3) is 0 Å². The van der Waals surface area contributed by atoms with Crippen molar-refractivity contribution in [2.75, 3.05) is 0 Å². The summed E-state index contributed by atoms with van der Waals surface area (Å²) in [6.07, 6.45) is 0. The summed E-state index contributed by atoms with van der Waals surface area (Å²) in [6.45, 7) is 5.11. The summed E-state index contributed by atoms with van der Waals surface area (Å²) in [6, 6.07) is 8.75. The van der Waals surface area contributed by atoms with Crippen LogP contribution in [0.2, 0.25) is 0 Å². The van der Waals surface area contributed by atoms with Gasteiger partial charge in [-0.15, -0.1) is 0 Å². The number of hydrogen-bond donors (Lipinski definition) is 0. The predicted molar refractivity (Wildman–Crippen MR) is 70.4 cm³/mol. The van der Waals surface area contributed by atoms with Gasteiger partial charge in [0.1, 0.15) is 5.75 Å². The van der Waals surface area contributed by atoms with Crippen molar-refractivity contribution in [3.8, 4) is 5.75 Å². The van der Waals surface area contributed by atoms with Gasteiger partial charge in [0.05, 0.1) is 5.92 Å². The Balaban J connectivity index is 2.38. The summed E-state index contributed by atoms with van der Waals surface area (Å²) in [5.41, 5.74) is -0.559. The van der Waals surface area contributed by atoms with Gasteiger partial charge in [-0.25, -0.2) is 4.79 Å². The average molecular weight is 268 g/mol. The third-order valence-corrected chi connectivity index (χ3v) is 2.66. The van der Waals surface area contributed by atoms with Crippen molar-refractivity contribution >= 4 is 23.0 Å². The number of thioether (sulfide) groups is 1. The maximum atomic E-state index is 11.5. The van der Waals surface area contributed by atoms with Gasteiger partial charge in [-0.3, -0.25) is 4.79 Å². The molecule has 1 aromatic rings. The van der Waals surface area contributed by atoms with Gasteiger partial charge in [-0.05, 0) is 19.1 Å². The van der Waals surface area contributed by atoms with Crippen LogP contribution in [-0.4, -0.2) is 16.7 Å². The summed E-state index contributed by atoms with van der Waals surface area (Å²) in [5.74, 6) is -0.0712. The molecule has 0 saturated carbocycles. The van der Waals surface area contributed by atoms with Crippen molar-refractivity contribution in [3.63, 3.8) is 0 Å². The Morgan fingerprint density at radius 3 is 2.28 bits per heavy atom. The quantitative estimate of drug-likeness (QED) is 0.618. The van der Waals surface area contributed by atoms with Gasteiger partial charge in [0.15, 0.2) is 5.44 Å². The van der Waals surface area contributed by atoms with Gasteiger partial charge in [-0.2, -0.15) is 0 Å². The molecule has 0 fully saturated rings. The van der Waals surface area contributed by atoms with Crippen LogP contribution in [0.5, 0.6) is 5.75 Å². The Morgan fingerprint density at radius 1 is 1.11 bits per heavy atom. The van der Waals surface area contributed by atoms with Crippen LogP contribution in [0.25, 0.3) is 0 Å². The van der Waals surface area contributed by atoms with Gasteiger partial charge in [0.2, 0.25) is 0 Å². The number of esters is 1. The first-order valence-electron chi connectivity index (χ1n) is 5.63. The molecule has 1 unspecified atom stereocenters.